The molecule has 14 heavy (non-hydrogen) atoms. The number of hydrogen-bond acceptors (Lipinski definition) is 2. The fourth-order valence-electron chi connectivity index (χ4n) is 2.97. The van der Waals surface area contributed by atoms with Crippen LogP contribution in [0.4, 0.5) is 0 Å². The molecule has 1 N–H and O–H groups in total. The summed E-state index contributed by atoms with van der Waals surface area (Å²) in [5.41, 5.74) is 0. The van der Waals surface area contributed by atoms with Gasteiger partial charge in [0.25, 0.3) is 0 Å². The van der Waals surface area contributed by atoms with Crippen LogP contribution in [0.5, 0.6) is 0 Å². The predicted octanol–water partition coefficient (Wildman–Crippen LogP) is 2.00. The van der Waals surface area contributed by atoms with Gasteiger partial charge in [0.05, 0.1) is 0 Å². The molecule has 0 spiro atoms. The van der Waals surface area contributed by atoms with Crippen LogP contribution in [0, 0.1) is 0 Å². The molecule has 1 aliphatic carbocycles. The normalized spacial score (nSPS) is 30.9. The maximum absolute atomic E-state index is 3.51. The molecule has 82 valence electrons. The van der Waals surface area contributed by atoms with Crippen molar-refractivity contribution in [1.29, 1.82) is 0 Å². The molecule has 0 unspecified atom stereocenters. The summed E-state index contributed by atoms with van der Waals surface area (Å²) in [6, 6.07) is 1.69. The topological polar surface area (TPSA) is 15.3 Å². The van der Waals surface area contributed by atoms with Crippen LogP contribution >= 0.6 is 0 Å². The molecule has 0 bridgehead atoms. The standard InChI is InChI=1S/C12H24N2/c1-14(11-6-3-2-4-7-11)12-8-5-9-13-10-12/h11-13H,2-10H2,1H3/t12-/m0/s1. The molecule has 1 saturated heterocycles. The van der Waals surface area contributed by atoms with Crippen molar-refractivity contribution < 1.29 is 0 Å². The molecule has 1 atom stereocenters. The van der Waals surface area contributed by atoms with Gasteiger partial charge < -0.3 is 5.32 Å². The Kier molecular flexibility index (Phi) is 3.82. The summed E-state index contributed by atoms with van der Waals surface area (Å²) in [7, 11) is 2.34. The minimum Gasteiger partial charge on any atom is -0.315 e. The number of likely N-dealkylation sites (N-methyl/N-ethyl adjacent to an activating group) is 1. The van der Waals surface area contributed by atoms with Gasteiger partial charge in [-0.3, -0.25) is 4.90 Å². The third kappa shape index (κ3) is 2.48. The minimum absolute atomic E-state index is 0.812. The molecule has 1 heterocycles. The lowest BCUT2D eigenvalue weighted by Gasteiger charge is -2.39. The number of hydrogen-bond donors (Lipinski definition) is 1. The Balaban J connectivity index is 1.82. The fraction of sp³-hybridized carbons (Fsp3) is 1.00. The van der Waals surface area contributed by atoms with E-state index >= 15 is 0 Å². The maximum atomic E-state index is 3.51. The van der Waals surface area contributed by atoms with Gasteiger partial charge in [-0.25, -0.2) is 0 Å². The molecule has 0 aromatic heterocycles. The molecular weight excluding hydrogens is 172 g/mol. The molecular formula is C12H24N2. The molecule has 0 radical (unpaired) electrons. The Morgan fingerprint density at radius 3 is 2.29 bits per heavy atom. The van der Waals surface area contributed by atoms with Gasteiger partial charge >= 0.3 is 0 Å². The Morgan fingerprint density at radius 1 is 0.929 bits per heavy atom. The smallest absolute Gasteiger partial charge is 0.0220 e. The van der Waals surface area contributed by atoms with Crippen molar-refractivity contribution in [2.75, 3.05) is 20.1 Å². The summed E-state index contributed by atoms with van der Waals surface area (Å²) in [6.45, 7) is 2.45. The summed E-state index contributed by atoms with van der Waals surface area (Å²) < 4.78 is 0. The lowest BCUT2D eigenvalue weighted by atomic mass is 9.92. The van der Waals surface area contributed by atoms with E-state index in [1.807, 2.05) is 0 Å². The van der Waals surface area contributed by atoms with E-state index in [1.54, 1.807) is 0 Å². The van der Waals surface area contributed by atoms with Crippen molar-refractivity contribution >= 4 is 0 Å². The quantitative estimate of drug-likeness (QED) is 0.727. The molecule has 1 aliphatic heterocycles. The Bertz CT molecular complexity index is 140. The van der Waals surface area contributed by atoms with Gasteiger partial charge in [-0.2, -0.15) is 0 Å². The third-order valence-electron chi connectivity index (χ3n) is 4.00. The number of nitrogens with zero attached hydrogens (tertiary/aromatic N) is 1. The largest absolute Gasteiger partial charge is 0.315 e. The van der Waals surface area contributed by atoms with Crippen LogP contribution in [0.3, 0.4) is 0 Å². The van der Waals surface area contributed by atoms with E-state index in [9.17, 15) is 0 Å². The summed E-state index contributed by atoms with van der Waals surface area (Å²) in [5, 5.41) is 3.51. The molecule has 0 aromatic rings. The summed E-state index contributed by atoms with van der Waals surface area (Å²) in [4.78, 5) is 2.66. The van der Waals surface area contributed by atoms with Crippen molar-refractivity contribution in [3.63, 3.8) is 0 Å². The molecule has 2 rings (SSSR count). The Labute approximate surface area is 88.1 Å². The van der Waals surface area contributed by atoms with Crippen molar-refractivity contribution in [1.82, 2.24) is 10.2 Å². The summed E-state index contributed by atoms with van der Waals surface area (Å²) in [6.07, 6.45) is 10.0. The first-order chi connectivity index (χ1) is 6.88. The average molecular weight is 196 g/mol. The number of rotatable bonds is 2. The molecule has 0 aromatic carbocycles. The molecule has 2 aliphatic rings. The van der Waals surface area contributed by atoms with Crippen molar-refractivity contribution in [2.45, 2.75) is 57.0 Å². The van der Waals surface area contributed by atoms with Crippen LogP contribution in [0.15, 0.2) is 0 Å². The van der Waals surface area contributed by atoms with Gasteiger partial charge in [0.2, 0.25) is 0 Å². The van der Waals surface area contributed by atoms with Crippen LogP contribution in [0.1, 0.15) is 44.9 Å². The zero-order valence-corrected chi connectivity index (χ0v) is 9.47. The van der Waals surface area contributed by atoms with E-state index in [1.165, 1.54) is 58.0 Å². The van der Waals surface area contributed by atoms with Crippen molar-refractivity contribution in [2.24, 2.45) is 0 Å². The van der Waals surface area contributed by atoms with E-state index < -0.39 is 0 Å². The number of piperidine rings is 1. The van der Waals surface area contributed by atoms with E-state index in [2.05, 4.69) is 17.3 Å². The molecule has 2 fully saturated rings. The van der Waals surface area contributed by atoms with Crippen LogP contribution in [0.2, 0.25) is 0 Å². The highest BCUT2D eigenvalue weighted by atomic mass is 15.2. The maximum Gasteiger partial charge on any atom is 0.0220 e. The van der Waals surface area contributed by atoms with Crippen LogP contribution < -0.4 is 5.32 Å². The van der Waals surface area contributed by atoms with Gasteiger partial charge in [-0.1, -0.05) is 19.3 Å². The average Bonchev–Trinajstić information content (AvgIpc) is 2.30. The minimum atomic E-state index is 0.812. The monoisotopic (exact) mass is 196 g/mol. The second-order valence-corrected chi connectivity index (χ2v) is 4.96. The van der Waals surface area contributed by atoms with Gasteiger partial charge in [-0.05, 0) is 39.3 Å². The van der Waals surface area contributed by atoms with Crippen molar-refractivity contribution in [3.05, 3.63) is 0 Å². The second kappa shape index (κ2) is 5.13. The lowest BCUT2D eigenvalue weighted by molar-refractivity contribution is 0.118. The van der Waals surface area contributed by atoms with Crippen LogP contribution in [-0.4, -0.2) is 37.1 Å². The fourth-order valence-corrected chi connectivity index (χ4v) is 2.97. The van der Waals surface area contributed by atoms with E-state index in [4.69, 9.17) is 0 Å². The van der Waals surface area contributed by atoms with Crippen LogP contribution in [0.25, 0.3) is 0 Å². The highest BCUT2D eigenvalue weighted by molar-refractivity contribution is 4.82. The first kappa shape index (κ1) is 10.4. The second-order valence-electron chi connectivity index (χ2n) is 4.96. The SMILES string of the molecule is CN(C1CCCCC1)[C@H]1CCCNC1. The molecule has 2 nitrogen and oxygen atoms in total. The van der Waals surface area contributed by atoms with Gasteiger partial charge in [0.1, 0.15) is 0 Å². The summed E-state index contributed by atoms with van der Waals surface area (Å²) >= 11 is 0. The Hall–Kier alpha value is -0.0800. The molecule has 2 heteroatoms. The van der Waals surface area contributed by atoms with Crippen LogP contribution in [-0.2, 0) is 0 Å². The lowest BCUT2D eigenvalue weighted by Crippen LogP contribution is -2.48. The highest BCUT2D eigenvalue weighted by Gasteiger charge is 2.25. The van der Waals surface area contributed by atoms with Crippen molar-refractivity contribution in [3.8, 4) is 0 Å². The van der Waals surface area contributed by atoms with Gasteiger partial charge in [0, 0.05) is 18.6 Å². The highest BCUT2D eigenvalue weighted by Crippen LogP contribution is 2.24. The zero-order chi connectivity index (χ0) is 9.80. The van der Waals surface area contributed by atoms with Gasteiger partial charge in [-0.15, -0.1) is 0 Å². The predicted molar refractivity (Wildman–Crippen MR) is 60.5 cm³/mol. The van der Waals surface area contributed by atoms with E-state index in [0.29, 0.717) is 0 Å². The first-order valence-corrected chi connectivity index (χ1v) is 6.30. The number of nitrogens with one attached hydrogen (secondary N) is 1. The first-order valence-electron chi connectivity index (χ1n) is 6.30. The Morgan fingerprint density at radius 2 is 1.64 bits per heavy atom. The molecule has 1 saturated carbocycles. The molecule has 0 amide bonds. The third-order valence-corrected chi connectivity index (χ3v) is 4.00. The summed E-state index contributed by atoms with van der Waals surface area (Å²) in [5.74, 6) is 0. The van der Waals surface area contributed by atoms with E-state index in [0.717, 1.165) is 12.1 Å². The van der Waals surface area contributed by atoms with Gasteiger partial charge in [0.15, 0.2) is 0 Å². The zero-order valence-electron chi connectivity index (χ0n) is 9.47. The van der Waals surface area contributed by atoms with E-state index in [-0.39, 0.29) is 0 Å².